The van der Waals surface area contributed by atoms with Crippen LogP contribution in [0.5, 0.6) is 0 Å². The molecule has 0 bridgehead atoms. The molecule has 0 aliphatic carbocycles. The average Bonchev–Trinajstić information content (AvgIpc) is 2.15. The summed E-state index contributed by atoms with van der Waals surface area (Å²) in [5.74, 6) is 2.59. The van der Waals surface area contributed by atoms with Crippen molar-refractivity contribution in [3.63, 3.8) is 0 Å². The van der Waals surface area contributed by atoms with E-state index in [1.807, 2.05) is 0 Å². The van der Waals surface area contributed by atoms with Crippen LogP contribution in [0, 0.1) is 11.8 Å². The first-order chi connectivity index (χ1) is 6.57. The van der Waals surface area contributed by atoms with Crippen LogP contribution in [0.15, 0.2) is 0 Å². The maximum atomic E-state index is 2.44. The molecular formula is C13H28B. The molecule has 0 saturated heterocycles. The molecule has 0 spiro atoms. The lowest BCUT2D eigenvalue weighted by Crippen LogP contribution is -2.06. The Balaban J connectivity index is 3.27. The van der Waals surface area contributed by atoms with Gasteiger partial charge in [0, 0.05) is 0 Å². The van der Waals surface area contributed by atoms with Crippen LogP contribution in [0.2, 0.25) is 12.1 Å². The van der Waals surface area contributed by atoms with Crippen LogP contribution in [0.4, 0.5) is 0 Å². The van der Waals surface area contributed by atoms with Gasteiger partial charge in [0.1, 0.15) is 7.28 Å². The monoisotopic (exact) mass is 195 g/mol. The first kappa shape index (κ1) is 14.1. The molecule has 83 valence electrons. The summed E-state index contributed by atoms with van der Waals surface area (Å²) in [5, 5.41) is 0. The van der Waals surface area contributed by atoms with Crippen molar-refractivity contribution in [2.45, 2.75) is 72.4 Å². The molecule has 0 N–H and O–H groups in total. The summed E-state index contributed by atoms with van der Waals surface area (Å²) in [4.78, 5) is 0. The molecule has 0 aromatic heterocycles. The van der Waals surface area contributed by atoms with Crippen LogP contribution >= 0.6 is 0 Å². The Morgan fingerprint density at radius 3 is 2.07 bits per heavy atom. The van der Waals surface area contributed by atoms with Crippen LogP contribution in [0.1, 0.15) is 60.3 Å². The van der Waals surface area contributed by atoms with Gasteiger partial charge in [0.25, 0.3) is 0 Å². The van der Waals surface area contributed by atoms with E-state index in [1.165, 1.54) is 32.0 Å². The highest BCUT2D eigenvalue weighted by Crippen LogP contribution is 2.21. The molecule has 0 fully saturated rings. The second kappa shape index (κ2) is 8.38. The summed E-state index contributed by atoms with van der Waals surface area (Å²) in [7, 11) is 2.44. The molecule has 2 unspecified atom stereocenters. The van der Waals surface area contributed by atoms with Crippen molar-refractivity contribution in [2.24, 2.45) is 11.8 Å². The van der Waals surface area contributed by atoms with Crippen molar-refractivity contribution in [1.29, 1.82) is 0 Å². The second-order valence-electron chi connectivity index (χ2n) is 5.13. The topological polar surface area (TPSA) is 0 Å². The molecule has 0 rings (SSSR count). The zero-order chi connectivity index (χ0) is 11.0. The van der Waals surface area contributed by atoms with Gasteiger partial charge in [-0.05, 0) is 11.8 Å². The molecule has 0 aliphatic rings. The SMILES string of the molecule is CCC(C)C(C)CCCC[B]C(C)C. The Labute approximate surface area is 92.1 Å². The summed E-state index contributed by atoms with van der Waals surface area (Å²) in [6.07, 6.45) is 6.86. The fourth-order valence-electron chi connectivity index (χ4n) is 1.75. The molecule has 0 nitrogen and oxygen atoms in total. The van der Waals surface area contributed by atoms with Gasteiger partial charge in [0.05, 0.1) is 0 Å². The number of rotatable bonds is 8. The van der Waals surface area contributed by atoms with Crippen molar-refractivity contribution in [3.05, 3.63) is 0 Å². The Morgan fingerprint density at radius 2 is 1.57 bits per heavy atom. The maximum Gasteiger partial charge on any atom is 0.112 e. The van der Waals surface area contributed by atoms with E-state index in [-0.39, 0.29) is 0 Å². The number of hydrogen-bond acceptors (Lipinski definition) is 0. The summed E-state index contributed by atoms with van der Waals surface area (Å²) in [6.45, 7) is 11.6. The fourth-order valence-corrected chi connectivity index (χ4v) is 1.75. The first-order valence-corrected chi connectivity index (χ1v) is 6.41. The third kappa shape index (κ3) is 7.47. The predicted molar refractivity (Wildman–Crippen MR) is 68.1 cm³/mol. The van der Waals surface area contributed by atoms with Gasteiger partial charge in [0.2, 0.25) is 0 Å². The van der Waals surface area contributed by atoms with Crippen LogP contribution in [-0.4, -0.2) is 7.28 Å². The zero-order valence-electron chi connectivity index (χ0n) is 10.8. The lowest BCUT2D eigenvalue weighted by atomic mass is 9.62. The van der Waals surface area contributed by atoms with E-state index >= 15 is 0 Å². The van der Waals surface area contributed by atoms with E-state index in [1.54, 1.807) is 0 Å². The van der Waals surface area contributed by atoms with E-state index in [4.69, 9.17) is 0 Å². The summed E-state index contributed by atoms with van der Waals surface area (Å²) >= 11 is 0. The fraction of sp³-hybridized carbons (Fsp3) is 1.00. The van der Waals surface area contributed by atoms with Gasteiger partial charge in [-0.2, -0.15) is 0 Å². The molecule has 0 aliphatic heterocycles. The smallest absolute Gasteiger partial charge is 0.0800 e. The van der Waals surface area contributed by atoms with Gasteiger partial charge in [-0.1, -0.05) is 72.4 Å². The lowest BCUT2D eigenvalue weighted by Gasteiger charge is -2.17. The maximum absolute atomic E-state index is 2.44. The van der Waals surface area contributed by atoms with Crippen LogP contribution < -0.4 is 0 Å². The Bertz CT molecular complexity index is 120. The molecule has 0 amide bonds. The molecule has 1 heteroatoms. The third-order valence-electron chi connectivity index (χ3n) is 3.37. The molecule has 0 heterocycles. The number of hydrogen-bond donors (Lipinski definition) is 0. The molecular weight excluding hydrogens is 167 g/mol. The number of unbranched alkanes of at least 4 members (excludes halogenated alkanes) is 1. The first-order valence-electron chi connectivity index (χ1n) is 6.41. The van der Waals surface area contributed by atoms with E-state index < -0.39 is 0 Å². The van der Waals surface area contributed by atoms with Crippen LogP contribution in [0.3, 0.4) is 0 Å². The van der Waals surface area contributed by atoms with Crippen molar-refractivity contribution < 1.29 is 0 Å². The minimum Gasteiger partial charge on any atom is -0.0800 e. The summed E-state index contributed by atoms with van der Waals surface area (Å²) in [5.41, 5.74) is 0. The van der Waals surface area contributed by atoms with Crippen LogP contribution in [-0.2, 0) is 0 Å². The largest absolute Gasteiger partial charge is 0.112 e. The highest BCUT2D eigenvalue weighted by atomic mass is 14.1. The van der Waals surface area contributed by atoms with E-state index in [2.05, 4.69) is 41.9 Å². The standard InChI is InChI=1S/C13H28B/c1-6-12(4)13(5)9-7-8-10-14-11(2)3/h11-13H,6-10H2,1-5H3. The third-order valence-corrected chi connectivity index (χ3v) is 3.37. The molecule has 0 aromatic rings. The van der Waals surface area contributed by atoms with E-state index in [0.29, 0.717) is 0 Å². The predicted octanol–water partition coefficient (Wildman–Crippen LogP) is 4.79. The van der Waals surface area contributed by atoms with Gasteiger partial charge >= 0.3 is 0 Å². The second-order valence-corrected chi connectivity index (χ2v) is 5.13. The Morgan fingerprint density at radius 1 is 0.929 bits per heavy atom. The quantitative estimate of drug-likeness (QED) is 0.386. The van der Waals surface area contributed by atoms with Crippen molar-refractivity contribution >= 4 is 7.28 Å². The summed E-state index contributed by atoms with van der Waals surface area (Å²) in [6, 6.07) is 0. The van der Waals surface area contributed by atoms with E-state index in [9.17, 15) is 0 Å². The van der Waals surface area contributed by atoms with Crippen molar-refractivity contribution in [2.75, 3.05) is 0 Å². The molecule has 0 saturated carbocycles. The van der Waals surface area contributed by atoms with E-state index in [0.717, 1.165) is 17.7 Å². The molecule has 14 heavy (non-hydrogen) atoms. The Hall–Kier alpha value is 0.0649. The molecule has 0 aromatic carbocycles. The molecule has 2 atom stereocenters. The van der Waals surface area contributed by atoms with Crippen LogP contribution in [0.25, 0.3) is 0 Å². The zero-order valence-corrected chi connectivity index (χ0v) is 10.8. The molecule has 1 radical (unpaired) electrons. The average molecular weight is 195 g/mol. The summed E-state index contributed by atoms with van der Waals surface area (Å²) < 4.78 is 0. The normalized spacial score (nSPS) is 15.6. The van der Waals surface area contributed by atoms with Gasteiger partial charge < -0.3 is 0 Å². The highest BCUT2D eigenvalue weighted by Gasteiger charge is 2.09. The van der Waals surface area contributed by atoms with Crippen molar-refractivity contribution in [1.82, 2.24) is 0 Å². The van der Waals surface area contributed by atoms with Gasteiger partial charge in [-0.25, -0.2) is 0 Å². The lowest BCUT2D eigenvalue weighted by molar-refractivity contribution is 0.346. The Kier molecular flexibility index (Phi) is 8.42. The van der Waals surface area contributed by atoms with Gasteiger partial charge in [-0.3, -0.25) is 0 Å². The van der Waals surface area contributed by atoms with Gasteiger partial charge in [-0.15, -0.1) is 0 Å². The minimum atomic E-state index is 0.766. The minimum absolute atomic E-state index is 0.766. The highest BCUT2D eigenvalue weighted by molar-refractivity contribution is 6.37. The van der Waals surface area contributed by atoms with Gasteiger partial charge in [0.15, 0.2) is 0 Å². The van der Waals surface area contributed by atoms with Crippen molar-refractivity contribution in [3.8, 4) is 0 Å².